The lowest BCUT2D eigenvalue weighted by Gasteiger charge is -2.19. The predicted octanol–water partition coefficient (Wildman–Crippen LogP) is 3.66. The second-order valence-electron chi connectivity index (χ2n) is 8.10. The van der Waals surface area contributed by atoms with Gasteiger partial charge in [0, 0.05) is 6.20 Å². The van der Waals surface area contributed by atoms with Crippen molar-refractivity contribution < 1.29 is 9.90 Å². The smallest absolute Gasteiger partial charge is 0.276 e. The molecule has 3 aromatic rings. The Bertz CT molecular complexity index is 1120. The van der Waals surface area contributed by atoms with Crippen molar-refractivity contribution in [3.63, 3.8) is 0 Å². The van der Waals surface area contributed by atoms with Crippen molar-refractivity contribution >= 4 is 12.1 Å². The Morgan fingerprint density at radius 2 is 1.83 bits per heavy atom. The molecule has 0 radical (unpaired) electrons. The Hall–Kier alpha value is -3.67. The second-order valence-corrected chi connectivity index (χ2v) is 8.10. The van der Waals surface area contributed by atoms with Crippen molar-refractivity contribution in [3.8, 4) is 5.75 Å². The van der Waals surface area contributed by atoms with E-state index in [9.17, 15) is 14.7 Å². The molecule has 2 aromatic carbocycles. The van der Waals surface area contributed by atoms with Crippen LogP contribution in [0, 0.1) is 0 Å². The zero-order chi connectivity index (χ0) is 21.7. The molecule has 1 aromatic heterocycles. The van der Waals surface area contributed by atoms with Crippen molar-refractivity contribution in [1.82, 2.24) is 9.99 Å². The molecular weight excluding hydrogens is 378 g/mol. The normalized spacial score (nSPS) is 11.6. The van der Waals surface area contributed by atoms with Gasteiger partial charge in [-0.25, -0.2) is 5.43 Å². The number of rotatable bonds is 5. The molecule has 0 unspecified atom stereocenters. The summed E-state index contributed by atoms with van der Waals surface area (Å²) in [6, 6.07) is 17.7. The van der Waals surface area contributed by atoms with Crippen LogP contribution in [0.5, 0.6) is 5.75 Å². The lowest BCUT2D eigenvalue weighted by molar-refractivity contribution is 0.0953. The van der Waals surface area contributed by atoms with Gasteiger partial charge < -0.3 is 9.67 Å². The second kappa shape index (κ2) is 8.78. The van der Waals surface area contributed by atoms with Gasteiger partial charge in [-0.2, -0.15) is 5.10 Å². The van der Waals surface area contributed by atoms with Gasteiger partial charge in [-0.15, -0.1) is 0 Å². The minimum atomic E-state index is -0.589. The van der Waals surface area contributed by atoms with Gasteiger partial charge in [0.05, 0.1) is 12.8 Å². The number of hydrogen-bond donors (Lipinski definition) is 2. The first-order valence-corrected chi connectivity index (χ1v) is 9.65. The van der Waals surface area contributed by atoms with Gasteiger partial charge in [0.2, 0.25) is 0 Å². The van der Waals surface area contributed by atoms with Crippen LogP contribution < -0.4 is 11.0 Å². The summed E-state index contributed by atoms with van der Waals surface area (Å²) in [5.41, 5.74) is 4.86. The van der Waals surface area contributed by atoms with Gasteiger partial charge in [-0.3, -0.25) is 9.59 Å². The van der Waals surface area contributed by atoms with E-state index in [-0.39, 0.29) is 22.3 Å². The standard InChI is InChI=1S/C24H25N3O3/c1-24(2,3)19-11-9-17(10-12-19)16-27-13-5-8-21(23(27)30)22(29)26-25-15-18-6-4-7-20(28)14-18/h4-15,28H,16H2,1-3H3,(H,26,29)/b25-15-. The van der Waals surface area contributed by atoms with E-state index in [0.29, 0.717) is 12.1 Å². The first-order chi connectivity index (χ1) is 14.2. The van der Waals surface area contributed by atoms with E-state index in [1.54, 1.807) is 30.5 Å². The maximum Gasteiger partial charge on any atom is 0.276 e. The maximum absolute atomic E-state index is 12.7. The van der Waals surface area contributed by atoms with Crippen LogP contribution in [0.3, 0.4) is 0 Å². The molecule has 0 aliphatic rings. The lowest BCUT2D eigenvalue weighted by atomic mass is 9.87. The maximum atomic E-state index is 12.7. The number of hydrogen-bond acceptors (Lipinski definition) is 4. The number of phenols is 1. The number of nitrogens with zero attached hydrogens (tertiary/aromatic N) is 2. The molecule has 1 amide bonds. The Morgan fingerprint density at radius 3 is 2.50 bits per heavy atom. The van der Waals surface area contributed by atoms with Gasteiger partial charge in [-0.05, 0) is 46.4 Å². The van der Waals surface area contributed by atoms with E-state index in [4.69, 9.17) is 0 Å². The molecular formula is C24H25N3O3. The molecule has 30 heavy (non-hydrogen) atoms. The van der Waals surface area contributed by atoms with Gasteiger partial charge in [0.15, 0.2) is 0 Å². The van der Waals surface area contributed by atoms with Crippen LogP contribution in [0.15, 0.2) is 76.8 Å². The van der Waals surface area contributed by atoms with E-state index < -0.39 is 5.91 Å². The number of hydrazone groups is 1. The zero-order valence-electron chi connectivity index (χ0n) is 17.3. The number of aromatic hydroxyl groups is 1. The fraction of sp³-hybridized carbons (Fsp3) is 0.208. The highest BCUT2D eigenvalue weighted by Crippen LogP contribution is 2.22. The number of carbonyl (C=O) groups excluding carboxylic acids is 1. The molecule has 0 aliphatic carbocycles. The SMILES string of the molecule is CC(C)(C)c1ccc(Cn2cccc(C(=O)N/N=C\c3cccc(O)c3)c2=O)cc1. The molecule has 3 rings (SSSR count). The summed E-state index contributed by atoms with van der Waals surface area (Å²) in [5.74, 6) is -0.486. The largest absolute Gasteiger partial charge is 0.508 e. The third kappa shape index (κ3) is 5.23. The monoisotopic (exact) mass is 403 g/mol. The molecule has 0 aliphatic heterocycles. The minimum Gasteiger partial charge on any atom is -0.508 e. The van der Waals surface area contributed by atoms with Crippen molar-refractivity contribution in [3.05, 3.63) is 99.5 Å². The highest BCUT2D eigenvalue weighted by molar-refractivity contribution is 5.94. The van der Waals surface area contributed by atoms with Crippen LogP contribution in [-0.2, 0) is 12.0 Å². The molecule has 154 valence electrons. The number of pyridine rings is 1. The summed E-state index contributed by atoms with van der Waals surface area (Å²) in [6.45, 7) is 6.82. The molecule has 0 fully saturated rings. The molecule has 1 heterocycles. The van der Waals surface area contributed by atoms with E-state index >= 15 is 0 Å². The van der Waals surface area contributed by atoms with E-state index in [1.807, 2.05) is 12.1 Å². The van der Waals surface area contributed by atoms with Gasteiger partial charge >= 0.3 is 0 Å². The van der Waals surface area contributed by atoms with Crippen LogP contribution in [0.25, 0.3) is 0 Å². The van der Waals surface area contributed by atoms with Crippen LogP contribution in [-0.4, -0.2) is 21.8 Å². The number of benzene rings is 2. The molecule has 2 N–H and O–H groups in total. The van der Waals surface area contributed by atoms with Crippen LogP contribution in [0.1, 0.15) is 47.8 Å². The Kier molecular flexibility index (Phi) is 6.16. The summed E-state index contributed by atoms with van der Waals surface area (Å²) in [4.78, 5) is 25.1. The molecule has 6 heteroatoms. The fourth-order valence-electron chi connectivity index (χ4n) is 2.97. The molecule has 0 saturated carbocycles. The summed E-state index contributed by atoms with van der Waals surface area (Å²) in [5, 5.41) is 13.3. The molecule has 0 saturated heterocycles. The Labute approximate surface area is 175 Å². The number of nitrogens with one attached hydrogen (secondary N) is 1. The predicted molar refractivity (Wildman–Crippen MR) is 118 cm³/mol. The van der Waals surface area contributed by atoms with Crippen molar-refractivity contribution in [2.24, 2.45) is 5.10 Å². The van der Waals surface area contributed by atoms with Gasteiger partial charge in [-0.1, -0.05) is 57.2 Å². The third-order valence-electron chi connectivity index (χ3n) is 4.69. The number of aromatic nitrogens is 1. The molecule has 0 bridgehead atoms. The number of carbonyl (C=O) groups is 1. The quantitative estimate of drug-likeness (QED) is 0.504. The fourth-order valence-corrected chi connectivity index (χ4v) is 2.97. The Balaban J connectivity index is 1.72. The van der Waals surface area contributed by atoms with Gasteiger partial charge in [0.25, 0.3) is 11.5 Å². The van der Waals surface area contributed by atoms with Crippen molar-refractivity contribution in [1.29, 1.82) is 0 Å². The van der Waals surface area contributed by atoms with Crippen LogP contribution in [0.2, 0.25) is 0 Å². The summed E-state index contributed by atoms with van der Waals surface area (Å²) in [7, 11) is 0. The topological polar surface area (TPSA) is 83.7 Å². The van der Waals surface area contributed by atoms with Crippen LogP contribution >= 0.6 is 0 Å². The Morgan fingerprint density at radius 1 is 1.10 bits per heavy atom. The summed E-state index contributed by atoms with van der Waals surface area (Å²) >= 11 is 0. The zero-order valence-corrected chi connectivity index (χ0v) is 17.3. The highest BCUT2D eigenvalue weighted by atomic mass is 16.3. The van der Waals surface area contributed by atoms with Gasteiger partial charge in [0.1, 0.15) is 11.3 Å². The van der Waals surface area contributed by atoms with Crippen LogP contribution in [0.4, 0.5) is 0 Å². The van der Waals surface area contributed by atoms with E-state index in [0.717, 1.165) is 5.56 Å². The van der Waals surface area contributed by atoms with E-state index in [1.165, 1.54) is 28.5 Å². The highest BCUT2D eigenvalue weighted by Gasteiger charge is 2.14. The van der Waals surface area contributed by atoms with Crippen molar-refractivity contribution in [2.75, 3.05) is 0 Å². The summed E-state index contributed by atoms with van der Waals surface area (Å²) in [6.07, 6.45) is 3.06. The number of phenolic OH excluding ortho intramolecular Hbond substituents is 1. The summed E-state index contributed by atoms with van der Waals surface area (Å²) < 4.78 is 1.50. The molecule has 0 spiro atoms. The minimum absolute atomic E-state index is 0.0110. The molecule has 0 atom stereocenters. The first kappa shape index (κ1) is 21.0. The molecule has 6 nitrogen and oxygen atoms in total. The first-order valence-electron chi connectivity index (χ1n) is 9.65. The third-order valence-corrected chi connectivity index (χ3v) is 4.69. The lowest BCUT2D eigenvalue weighted by Crippen LogP contribution is -2.30. The average Bonchev–Trinajstić information content (AvgIpc) is 2.69. The number of amides is 1. The average molecular weight is 403 g/mol. The van der Waals surface area contributed by atoms with Crippen molar-refractivity contribution in [2.45, 2.75) is 32.7 Å². The van der Waals surface area contributed by atoms with E-state index in [2.05, 4.69) is 43.4 Å².